The third-order valence-electron chi connectivity index (χ3n) is 4.53. The third-order valence-corrected chi connectivity index (χ3v) is 6.26. The van der Waals surface area contributed by atoms with Gasteiger partial charge < -0.3 is 15.0 Å². The highest BCUT2D eigenvalue weighted by Gasteiger charge is 2.33. The molecule has 1 N–H and O–H groups in total. The van der Waals surface area contributed by atoms with Crippen molar-refractivity contribution in [3.8, 4) is 11.3 Å². The van der Waals surface area contributed by atoms with Gasteiger partial charge in [0.05, 0.1) is 5.69 Å². The summed E-state index contributed by atoms with van der Waals surface area (Å²) >= 11 is 3.03. The lowest BCUT2D eigenvalue weighted by atomic mass is 9.96. The van der Waals surface area contributed by atoms with E-state index in [1.165, 1.54) is 21.1 Å². The first-order valence-corrected chi connectivity index (χ1v) is 10.6. The first-order chi connectivity index (χ1) is 13.6. The molecule has 2 amide bonds. The number of hydrogen-bond donors (Lipinski definition) is 1. The summed E-state index contributed by atoms with van der Waals surface area (Å²) in [4.78, 5) is 32.2. The monoisotopic (exact) mass is 447 g/mol. The predicted octanol–water partition coefficient (Wildman–Crippen LogP) is 4.84. The van der Waals surface area contributed by atoms with Crippen LogP contribution in [0.25, 0.3) is 11.3 Å². The maximum Gasteiger partial charge on any atom is 0.422 e. The van der Waals surface area contributed by atoms with Gasteiger partial charge in [0.1, 0.15) is 0 Å². The van der Waals surface area contributed by atoms with Gasteiger partial charge in [0, 0.05) is 39.7 Å². The number of thiophene rings is 1. The van der Waals surface area contributed by atoms with Crippen LogP contribution in [0, 0.1) is 19.8 Å². The van der Waals surface area contributed by atoms with E-state index >= 15 is 0 Å². The maximum absolute atomic E-state index is 12.5. The predicted molar refractivity (Wildman–Crippen MR) is 105 cm³/mol. The molecule has 2 aromatic rings. The fourth-order valence-electron chi connectivity index (χ4n) is 3.11. The molecule has 3 rings (SSSR count). The second-order valence-corrected chi connectivity index (χ2v) is 9.10. The van der Waals surface area contributed by atoms with E-state index in [9.17, 15) is 22.8 Å². The molecule has 0 unspecified atom stereocenters. The fraction of sp³-hybridized carbons (Fsp3) is 0.500. The summed E-state index contributed by atoms with van der Waals surface area (Å²) < 4.78 is 40.7. The molecule has 1 fully saturated rings. The first kappa shape index (κ1) is 21.6. The molecule has 0 saturated carbocycles. The highest BCUT2D eigenvalue weighted by atomic mass is 32.1. The van der Waals surface area contributed by atoms with E-state index in [2.05, 4.69) is 21.1 Å². The quantitative estimate of drug-likeness (QED) is 0.728. The van der Waals surface area contributed by atoms with Crippen molar-refractivity contribution >= 4 is 39.8 Å². The number of carbonyl (C=O) groups excluding carboxylic acids is 2. The molecule has 1 aliphatic rings. The molecule has 0 bridgehead atoms. The molecule has 6 nitrogen and oxygen atoms in total. The standard InChI is InChI=1S/C18H20F3N3O3S2/c1-10-7-13(11(2)29-10)14-8-28-16(22-14)23-15(25)12-3-5-24(6-4-12)17(26)27-9-18(19,20)21/h7-8,12H,3-6,9H2,1-2H3,(H,22,23,25). The smallest absolute Gasteiger partial charge is 0.422 e. The van der Waals surface area contributed by atoms with E-state index in [0.717, 1.165) is 16.1 Å². The Bertz CT molecular complexity index is 887. The van der Waals surface area contributed by atoms with Crippen LogP contribution in [0.5, 0.6) is 0 Å². The molecule has 0 spiro atoms. The Morgan fingerprint density at radius 3 is 2.59 bits per heavy atom. The highest BCUT2D eigenvalue weighted by molar-refractivity contribution is 7.14. The lowest BCUT2D eigenvalue weighted by Crippen LogP contribution is -2.42. The SMILES string of the molecule is Cc1cc(-c2csc(NC(=O)C3CCN(C(=O)OCC(F)(F)F)CC3)n2)c(C)s1. The second kappa shape index (κ2) is 8.70. The van der Waals surface area contributed by atoms with Gasteiger partial charge in [-0.3, -0.25) is 4.79 Å². The van der Waals surface area contributed by atoms with Crippen LogP contribution < -0.4 is 5.32 Å². The van der Waals surface area contributed by atoms with Crippen LogP contribution >= 0.6 is 22.7 Å². The Hall–Kier alpha value is -2.14. The minimum atomic E-state index is -4.55. The molecule has 1 saturated heterocycles. The normalized spacial score (nSPS) is 15.4. The molecule has 1 aliphatic heterocycles. The lowest BCUT2D eigenvalue weighted by Gasteiger charge is -2.30. The van der Waals surface area contributed by atoms with E-state index in [4.69, 9.17) is 0 Å². The van der Waals surface area contributed by atoms with Crippen molar-refractivity contribution in [2.45, 2.75) is 32.9 Å². The van der Waals surface area contributed by atoms with Gasteiger partial charge in [-0.2, -0.15) is 13.2 Å². The summed E-state index contributed by atoms with van der Waals surface area (Å²) in [6.07, 6.45) is -4.85. The van der Waals surface area contributed by atoms with E-state index < -0.39 is 18.9 Å². The minimum absolute atomic E-state index is 0.172. The van der Waals surface area contributed by atoms with Crippen molar-refractivity contribution in [3.05, 3.63) is 21.2 Å². The largest absolute Gasteiger partial charge is 0.440 e. The molecule has 0 atom stereocenters. The van der Waals surface area contributed by atoms with Gasteiger partial charge >= 0.3 is 12.3 Å². The molecule has 3 heterocycles. The molecule has 2 aromatic heterocycles. The van der Waals surface area contributed by atoms with Gasteiger partial charge in [0.2, 0.25) is 5.91 Å². The number of ether oxygens (including phenoxy) is 1. The maximum atomic E-state index is 12.5. The number of nitrogens with zero attached hydrogens (tertiary/aromatic N) is 2. The number of halogens is 3. The van der Waals surface area contributed by atoms with E-state index in [0.29, 0.717) is 18.0 Å². The van der Waals surface area contributed by atoms with Crippen LogP contribution in [0.4, 0.5) is 23.1 Å². The fourth-order valence-corrected chi connectivity index (χ4v) is 4.75. The Morgan fingerprint density at radius 1 is 1.31 bits per heavy atom. The van der Waals surface area contributed by atoms with Gasteiger partial charge in [-0.15, -0.1) is 22.7 Å². The van der Waals surface area contributed by atoms with Crippen molar-refractivity contribution < 1.29 is 27.5 Å². The number of anilines is 1. The van der Waals surface area contributed by atoms with Crippen molar-refractivity contribution in [2.75, 3.05) is 25.0 Å². The van der Waals surface area contributed by atoms with Crippen molar-refractivity contribution in [1.82, 2.24) is 9.88 Å². The van der Waals surface area contributed by atoms with Crippen LogP contribution in [0.15, 0.2) is 11.4 Å². The molecule has 0 aromatic carbocycles. The van der Waals surface area contributed by atoms with Gasteiger partial charge in [-0.1, -0.05) is 0 Å². The van der Waals surface area contributed by atoms with E-state index in [1.807, 2.05) is 19.2 Å². The van der Waals surface area contributed by atoms with E-state index in [-0.39, 0.29) is 24.9 Å². The zero-order valence-electron chi connectivity index (χ0n) is 15.8. The highest BCUT2D eigenvalue weighted by Crippen LogP contribution is 2.33. The number of piperidine rings is 1. The number of rotatable bonds is 4. The summed E-state index contributed by atoms with van der Waals surface area (Å²) in [5, 5.41) is 5.20. The number of aromatic nitrogens is 1. The average molecular weight is 448 g/mol. The number of aryl methyl sites for hydroxylation is 2. The number of thiazole rings is 1. The van der Waals surface area contributed by atoms with Gasteiger partial charge in [-0.25, -0.2) is 9.78 Å². The van der Waals surface area contributed by atoms with Crippen molar-refractivity contribution in [2.24, 2.45) is 5.92 Å². The summed E-state index contributed by atoms with van der Waals surface area (Å²) in [6.45, 7) is 2.79. The van der Waals surface area contributed by atoms with Gasteiger partial charge in [0.25, 0.3) is 0 Å². The lowest BCUT2D eigenvalue weighted by molar-refractivity contribution is -0.162. The topological polar surface area (TPSA) is 71.5 Å². The third kappa shape index (κ3) is 5.69. The molecular formula is C18H20F3N3O3S2. The number of hydrogen-bond acceptors (Lipinski definition) is 6. The molecule has 0 aliphatic carbocycles. The number of amides is 2. The zero-order chi connectivity index (χ0) is 21.2. The van der Waals surface area contributed by atoms with Crippen LogP contribution in [0.1, 0.15) is 22.6 Å². The van der Waals surface area contributed by atoms with Crippen LogP contribution in [-0.2, 0) is 9.53 Å². The Morgan fingerprint density at radius 2 is 2.00 bits per heavy atom. The van der Waals surface area contributed by atoms with Gasteiger partial charge in [0.15, 0.2) is 11.7 Å². The Labute approximate surface area is 173 Å². The van der Waals surface area contributed by atoms with Gasteiger partial charge in [-0.05, 0) is 32.8 Å². The number of likely N-dealkylation sites (tertiary alicyclic amines) is 1. The summed E-state index contributed by atoms with van der Waals surface area (Å²) in [5.74, 6) is -0.536. The van der Waals surface area contributed by atoms with Crippen LogP contribution in [-0.4, -0.2) is 47.8 Å². The molecule has 11 heteroatoms. The second-order valence-electron chi connectivity index (χ2n) is 6.79. The van der Waals surface area contributed by atoms with Crippen molar-refractivity contribution in [1.29, 1.82) is 0 Å². The first-order valence-electron chi connectivity index (χ1n) is 8.94. The van der Waals surface area contributed by atoms with Crippen molar-refractivity contribution in [3.63, 3.8) is 0 Å². The molecular weight excluding hydrogens is 427 g/mol. The summed E-state index contributed by atoms with van der Waals surface area (Å²) in [6, 6.07) is 2.06. The Kier molecular flexibility index (Phi) is 6.47. The summed E-state index contributed by atoms with van der Waals surface area (Å²) in [7, 11) is 0. The molecule has 29 heavy (non-hydrogen) atoms. The van der Waals surface area contributed by atoms with Crippen LogP contribution in [0.2, 0.25) is 0 Å². The van der Waals surface area contributed by atoms with Crippen LogP contribution in [0.3, 0.4) is 0 Å². The van der Waals surface area contributed by atoms with E-state index in [1.54, 1.807) is 11.3 Å². The minimum Gasteiger partial charge on any atom is -0.440 e. The number of nitrogens with one attached hydrogen (secondary N) is 1. The number of carbonyl (C=O) groups is 2. The summed E-state index contributed by atoms with van der Waals surface area (Å²) in [5.41, 5.74) is 1.87. The number of alkyl halides is 3. The zero-order valence-corrected chi connectivity index (χ0v) is 17.5. The average Bonchev–Trinajstić information content (AvgIpc) is 3.24. The Balaban J connectivity index is 1.50. The molecule has 0 radical (unpaired) electrons. The molecule has 158 valence electrons.